The Morgan fingerprint density at radius 3 is 2.00 bits per heavy atom. The molecule has 0 atom stereocenters. The van der Waals surface area contributed by atoms with Crippen molar-refractivity contribution in [1.82, 2.24) is 0 Å². The molecule has 1 aliphatic heterocycles. The molecule has 0 bridgehead atoms. The highest BCUT2D eigenvalue weighted by molar-refractivity contribution is 6.53. The van der Waals surface area contributed by atoms with Crippen LogP contribution < -0.4 is 15.5 Å². The summed E-state index contributed by atoms with van der Waals surface area (Å²) >= 11 is 18.0. The van der Waals surface area contributed by atoms with Crippen molar-refractivity contribution in [1.29, 1.82) is 0 Å². The van der Waals surface area contributed by atoms with E-state index in [2.05, 4.69) is 10.6 Å². The van der Waals surface area contributed by atoms with E-state index in [9.17, 15) is 14.4 Å². The molecule has 0 saturated carbocycles. The lowest BCUT2D eigenvalue weighted by Gasteiger charge is -2.15. The molecule has 0 fully saturated rings. The van der Waals surface area contributed by atoms with Crippen molar-refractivity contribution in [3.05, 3.63) is 99.1 Å². The number of para-hydroxylation sites is 1. The fourth-order valence-corrected chi connectivity index (χ4v) is 3.84. The quantitative estimate of drug-likeness (QED) is 0.455. The lowest BCUT2D eigenvalue weighted by atomic mass is 10.2. The summed E-state index contributed by atoms with van der Waals surface area (Å²) in [4.78, 5) is 38.8. The van der Waals surface area contributed by atoms with Gasteiger partial charge in [0.05, 0.1) is 5.69 Å². The van der Waals surface area contributed by atoms with Gasteiger partial charge in [0.1, 0.15) is 10.7 Å². The van der Waals surface area contributed by atoms with Crippen LogP contribution in [0.15, 0.2) is 83.5 Å². The second-order valence-electron chi connectivity index (χ2n) is 6.78. The van der Waals surface area contributed by atoms with E-state index in [4.69, 9.17) is 34.8 Å². The molecule has 160 valence electrons. The highest BCUT2D eigenvalue weighted by Gasteiger charge is 2.38. The van der Waals surface area contributed by atoms with Gasteiger partial charge in [-0.05, 0) is 54.6 Å². The Bertz CT molecular complexity index is 1240. The van der Waals surface area contributed by atoms with Gasteiger partial charge in [-0.3, -0.25) is 14.4 Å². The third kappa shape index (κ3) is 4.48. The standard InChI is InChI=1S/C23H14Cl3N3O3/c24-14-10-15(25)12-17(11-14)28-21(30)13-6-8-16(9-7-13)27-20-19(26)22(31)29(23(20)32)18-4-2-1-3-5-18/h1-12,27H,(H,28,30). The molecule has 9 heteroatoms. The zero-order valence-electron chi connectivity index (χ0n) is 16.2. The maximum absolute atomic E-state index is 12.8. The van der Waals surface area contributed by atoms with Crippen LogP contribution in [-0.4, -0.2) is 17.7 Å². The zero-order chi connectivity index (χ0) is 22.8. The van der Waals surface area contributed by atoms with Crippen molar-refractivity contribution in [2.24, 2.45) is 0 Å². The first-order valence-electron chi connectivity index (χ1n) is 9.31. The first-order valence-corrected chi connectivity index (χ1v) is 10.4. The Hall–Kier alpha value is -3.32. The van der Waals surface area contributed by atoms with Gasteiger partial charge in [0.15, 0.2) is 0 Å². The first-order chi connectivity index (χ1) is 15.3. The van der Waals surface area contributed by atoms with Gasteiger partial charge in [0.2, 0.25) is 0 Å². The van der Waals surface area contributed by atoms with E-state index in [0.29, 0.717) is 32.7 Å². The van der Waals surface area contributed by atoms with Crippen molar-refractivity contribution >= 4 is 69.6 Å². The average molecular weight is 487 g/mol. The Balaban J connectivity index is 1.48. The summed E-state index contributed by atoms with van der Waals surface area (Å²) in [6, 6.07) is 19.5. The number of carbonyl (C=O) groups excluding carboxylic acids is 3. The van der Waals surface area contributed by atoms with Crippen LogP contribution in [0.3, 0.4) is 0 Å². The van der Waals surface area contributed by atoms with Gasteiger partial charge < -0.3 is 10.6 Å². The van der Waals surface area contributed by atoms with Gasteiger partial charge in [0, 0.05) is 27.0 Å². The molecule has 0 unspecified atom stereocenters. The van der Waals surface area contributed by atoms with Gasteiger partial charge in [0.25, 0.3) is 17.7 Å². The number of nitrogens with one attached hydrogen (secondary N) is 2. The van der Waals surface area contributed by atoms with Crippen LogP contribution in [0.25, 0.3) is 0 Å². The number of hydrogen-bond donors (Lipinski definition) is 2. The number of rotatable bonds is 5. The lowest BCUT2D eigenvalue weighted by Crippen LogP contribution is -2.32. The van der Waals surface area contributed by atoms with Crippen LogP contribution in [-0.2, 0) is 9.59 Å². The Labute approximate surface area is 198 Å². The van der Waals surface area contributed by atoms with E-state index in [-0.39, 0.29) is 16.6 Å². The predicted molar refractivity (Wildman–Crippen MR) is 126 cm³/mol. The van der Waals surface area contributed by atoms with Crippen molar-refractivity contribution < 1.29 is 14.4 Å². The third-order valence-corrected chi connectivity index (χ3v) is 5.37. The van der Waals surface area contributed by atoms with E-state index in [1.807, 2.05) is 0 Å². The summed E-state index contributed by atoms with van der Waals surface area (Å²) in [5, 5.41) is 6.17. The first kappa shape index (κ1) is 21.9. The van der Waals surface area contributed by atoms with Crippen molar-refractivity contribution in [2.45, 2.75) is 0 Å². The number of imide groups is 1. The molecule has 0 spiro atoms. The Kier molecular flexibility index (Phi) is 6.19. The van der Waals surface area contributed by atoms with Gasteiger partial charge >= 0.3 is 0 Å². The SMILES string of the molecule is O=C(Nc1cc(Cl)cc(Cl)c1)c1ccc(NC2=C(Cl)C(=O)N(c3ccccc3)C2=O)cc1. The molecular weight excluding hydrogens is 473 g/mol. The van der Waals surface area contributed by atoms with E-state index in [1.165, 1.54) is 0 Å². The van der Waals surface area contributed by atoms with E-state index in [0.717, 1.165) is 4.90 Å². The molecule has 4 rings (SSSR count). The van der Waals surface area contributed by atoms with Crippen LogP contribution in [0.1, 0.15) is 10.4 Å². The van der Waals surface area contributed by atoms with Crippen LogP contribution >= 0.6 is 34.8 Å². The normalized spacial score (nSPS) is 13.5. The molecule has 3 aromatic rings. The molecule has 2 N–H and O–H groups in total. The minimum Gasteiger partial charge on any atom is -0.350 e. The van der Waals surface area contributed by atoms with Crippen molar-refractivity contribution in [3.8, 4) is 0 Å². The van der Waals surface area contributed by atoms with Crippen molar-refractivity contribution in [3.63, 3.8) is 0 Å². The van der Waals surface area contributed by atoms with Crippen LogP contribution in [0.4, 0.5) is 17.1 Å². The highest BCUT2D eigenvalue weighted by atomic mass is 35.5. The summed E-state index contributed by atoms with van der Waals surface area (Å²) in [5.41, 5.74) is 1.70. The predicted octanol–water partition coefficient (Wildman–Crippen LogP) is 5.68. The summed E-state index contributed by atoms with van der Waals surface area (Å²) in [6.45, 7) is 0. The smallest absolute Gasteiger partial charge is 0.283 e. The fraction of sp³-hybridized carbons (Fsp3) is 0. The minimum atomic E-state index is -0.610. The fourth-order valence-electron chi connectivity index (χ4n) is 3.10. The van der Waals surface area contributed by atoms with E-state index >= 15 is 0 Å². The largest absolute Gasteiger partial charge is 0.350 e. The number of amides is 3. The number of nitrogens with zero attached hydrogens (tertiary/aromatic N) is 1. The summed E-state index contributed by atoms with van der Waals surface area (Å²) in [5.74, 6) is -1.54. The van der Waals surface area contributed by atoms with Gasteiger partial charge in [-0.15, -0.1) is 0 Å². The van der Waals surface area contributed by atoms with Crippen LogP contribution in [0, 0.1) is 0 Å². The molecule has 0 aromatic heterocycles. The number of carbonyl (C=O) groups is 3. The molecular formula is C23H14Cl3N3O3. The second-order valence-corrected chi connectivity index (χ2v) is 8.04. The second kappa shape index (κ2) is 9.04. The average Bonchev–Trinajstić information content (AvgIpc) is 2.97. The number of hydrogen-bond acceptors (Lipinski definition) is 4. The molecule has 3 amide bonds. The molecule has 6 nitrogen and oxygen atoms in total. The van der Waals surface area contributed by atoms with Crippen LogP contribution in [0.5, 0.6) is 0 Å². The number of anilines is 3. The van der Waals surface area contributed by atoms with Gasteiger partial charge in [-0.25, -0.2) is 4.90 Å². The minimum absolute atomic E-state index is 0.0358. The number of benzene rings is 3. The Morgan fingerprint density at radius 1 is 0.750 bits per heavy atom. The topological polar surface area (TPSA) is 78.5 Å². The molecule has 0 saturated heterocycles. The van der Waals surface area contributed by atoms with Crippen LogP contribution in [0.2, 0.25) is 10.0 Å². The summed E-state index contributed by atoms with van der Waals surface area (Å²) < 4.78 is 0. The van der Waals surface area contributed by atoms with Gasteiger partial charge in [-0.2, -0.15) is 0 Å². The maximum atomic E-state index is 12.8. The molecule has 32 heavy (non-hydrogen) atoms. The molecule has 1 heterocycles. The molecule has 1 aliphatic rings. The van der Waals surface area contributed by atoms with E-state index in [1.54, 1.807) is 72.8 Å². The zero-order valence-corrected chi connectivity index (χ0v) is 18.5. The van der Waals surface area contributed by atoms with Crippen molar-refractivity contribution in [2.75, 3.05) is 15.5 Å². The van der Waals surface area contributed by atoms with E-state index < -0.39 is 11.8 Å². The molecule has 3 aromatic carbocycles. The monoisotopic (exact) mass is 485 g/mol. The molecule has 0 radical (unpaired) electrons. The lowest BCUT2D eigenvalue weighted by molar-refractivity contribution is -0.120. The van der Waals surface area contributed by atoms with Gasteiger partial charge in [-0.1, -0.05) is 53.0 Å². The Morgan fingerprint density at radius 2 is 1.38 bits per heavy atom. The maximum Gasteiger partial charge on any atom is 0.283 e. The highest BCUT2D eigenvalue weighted by Crippen LogP contribution is 2.30. The number of halogens is 3. The summed E-state index contributed by atoms with van der Waals surface area (Å²) in [7, 11) is 0. The molecule has 0 aliphatic carbocycles. The third-order valence-electron chi connectivity index (χ3n) is 4.58. The summed E-state index contributed by atoms with van der Waals surface area (Å²) in [6.07, 6.45) is 0.